The van der Waals surface area contributed by atoms with Gasteiger partial charge in [0.05, 0.1) is 6.61 Å². The number of halogens is 1. The maximum absolute atomic E-state index is 5.51. The van der Waals surface area contributed by atoms with Crippen LogP contribution < -0.4 is 5.32 Å². The minimum atomic E-state index is 0.415. The first kappa shape index (κ1) is 13.1. The fourth-order valence-electron chi connectivity index (χ4n) is 2.54. The van der Waals surface area contributed by atoms with E-state index in [1.807, 2.05) is 0 Å². The summed E-state index contributed by atoms with van der Waals surface area (Å²) in [5, 5.41) is 3.59. The molecule has 2 unspecified atom stereocenters. The van der Waals surface area contributed by atoms with Gasteiger partial charge in [-0.1, -0.05) is 28.9 Å². The van der Waals surface area contributed by atoms with Gasteiger partial charge in [-0.2, -0.15) is 0 Å². The van der Waals surface area contributed by atoms with Gasteiger partial charge in [-0.25, -0.2) is 0 Å². The quantitative estimate of drug-likeness (QED) is 0.919. The lowest BCUT2D eigenvalue weighted by molar-refractivity contribution is 0.177. The van der Waals surface area contributed by atoms with Gasteiger partial charge in [-0.3, -0.25) is 0 Å². The van der Waals surface area contributed by atoms with Gasteiger partial charge in [0.15, 0.2) is 0 Å². The molecule has 0 saturated carbocycles. The molecule has 2 atom stereocenters. The first-order valence-electron chi connectivity index (χ1n) is 6.29. The molecule has 0 amide bonds. The zero-order valence-electron chi connectivity index (χ0n) is 10.5. The highest BCUT2D eigenvalue weighted by molar-refractivity contribution is 9.10. The summed E-state index contributed by atoms with van der Waals surface area (Å²) in [6.07, 6.45) is 1.16. The maximum Gasteiger partial charge on any atom is 0.0513 e. The number of hydrogen-bond acceptors (Lipinski definition) is 2. The molecule has 0 bridgehead atoms. The molecule has 1 aromatic rings. The van der Waals surface area contributed by atoms with Crippen LogP contribution in [-0.4, -0.2) is 19.8 Å². The van der Waals surface area contributed by atoms with Gasteiger partial charge >= 0.3 is 0 Å². The van der Waals surface area contributed by atoms with Crippen molar-refractivity contribution < 1.29 is 4.74 Å². The Balaban J connectivity index is 2.24. The lowest BCUT2D eigenvalue weighted by Gasteiger charge is -2.24. The van der Waals surface area contributed by atoms with E-state index in [2.05, 4.69) is 53.3 Å². The summed E-state index contributed by atoms with van der Waals surface area (Å²) in [4.78, 5) is 0. The van der Waals surface area contributed by atoms with Gasteiger partial charge < -0.3 is 10.1 Å². The highest BCUT2D eigenvalue weighted by Gasteiger charge is 2.26. The Kier molecular flexibility index (Phi) is 4.60. The van der Waals surface area contributed by atoms with Crippen molar-refractivity contribution in [2.24, 2.45) is 5.92 Å². The molecule has 1 aliphatic rings. The van der Waals surface area contributed by atoms with Gasteiger partial charge in [0, 0.05) is 23.0 Å². The van der Waals surface area contributed by atoms with Crippen molar-refractivity contribution in [3.8, 4) is 0 Å². The molecule has 1 saturated heterocycles. The summed E-state index contributed by atoms with van der Waals surface area (Å²) in [6.45, 7) is 7.07. The monoisotopic (exact) mass is 297 g/mol. The Labute approximate surface area is 112 Å². The van der Waals surface area contributed by atoms with E-state index < -0.39 is 0 Å². The molecular weight excluding hydrogens is 278 g/mol. The highest BCUT2D eigenvalue weighted by atomic mass is 79.9. The summed E-state index contributed by atoms with van der Waals surface area (Å²) in [5.41, 5.74) is 2.67. The molecule has 1 heterocycles. The van der Waals surface area contributed by atoms with Crippen molar-refractivity contribution in [2.75, 3.05) is 19.8 Å². The molecule has 0 aromatic heterocycles. The Bertz CT molecular complexity index is 354. The molecule has 94 valence electrons. The molecule has 0 aliphatic carbocycles. The topological polar surface area (TPSA) is 21.3 Å². The number of hydrogen-bond donors (Lipinski definition) is 1. The van der Waals surface area contributed by atoms with Crippen LogP contribution in [0, 0.1) is 12.8 Å². The molecular formula is C14H20BrNO. The average molecular weight is 298 g/mol. The van der Waals surface area contributed by atoms with Crippen molar-refractivity contribution in [1.29, 1.82) is 0 Å². The van der Waals surface area contributed by atoms with E-state index in [0.717, 1.165) is 30.7 Å². The van der Waals surface area contributed by atoms with E-state index in [1.54, 1.807) is 0 Å². The van der Waals surface area contributed by atoms with Gasteiger partial charge in [-0.15, -0.1) is 0 Å². The Morgan fingerprint density at radius 1 is 1.47 bits per heavy atom. The Morgan fingerprint density at radius 3 is 2.88 bits per heavy atom. The van der Waals surface area contributed by atoms with Crippen LogP contribution in [0.2, 0.25) is 0 Å². The normalized spacial score (nSPS) is 21.7. The molecule has 1 fully saturated rings. The van der Waals surface area contributed by atoms with E-state index in [0.29, 0.717) is 12.0 Å². The molecule has 0 spiro atoms. The fourth-order valence-corrected chi connectivity index (χ4v) is 3.16. The van der Waals surface area contributed by atoms with Crippen LogP contribution in [0.1, 0.15) is 30.5 Å². The zero-order chi connectivity index (χ0) is 12.3. The Hall–Kier alpha value is -0.380. The van der Waals surface area contributed by atoms with E-state index >= 15 is 0 Å². The summed E-state index contributed by atoms with van der Waals surface area (Å²) < 4.78 is 6.68. The standard InChI is InChI=1S/C14H20BrNO/c1-3-16-14(11-4-5-17-9-11)12-6-10(2)7-13(15)8-12/h6-8,11,14,16H,3-5,9H2,1-2H3. The van der Waals surface area contributed by atoms with Gasteiger partial charge in [0.1, 0.15) is 0 Å². The molecule has 17 heavy (non-hydrogen) atoms. The lowest BCUT2D eigenvalue weighted by atomic mass is 9.91. The molecule has 2 nitrogen and oxygen atoms in total. The minimum Gasteiger partial charge on any atom is -0.381 e. The highest BCUT2D eigenvalue weighted by Crippen LogP contribution is 2.30. The van der Waals surface area contributed by atoms with Crippen LogP contribution >= 0.6 is 15.9 Å². The fraction of sp³-hybridized carbons (Fsp3) is 0.571. The number of rotatable bonds is 4. The van der Waals surface area contributed by atoms with Crippen molar-refractivity contribution in [3.63, 3.8) is 0 Å². The third-order valence-corrected chi connectivity index (χ3v) is 3.74. The van der Waals surface area contributed by atoms with E-state index in [1.165, 1.54) is 11.1 Å². The summed E-state index contributed by atoms with van der Waals surface area (Å²) in [6, 6.07) is 7.06. The van der Waals surface area contributed by atoms with Crippen LogP contribution in [0.25, 0.3) is 0 Å². The largest absolute Gasteiger partial charge is 0.381 e. The minimum absolute atomic E-state index is 0.415. The smallest absolute Gasteiger partial charge is 0.0513 e. The predicted octanol–water partition coefficient (Wildman–Crippen LogP) is 3.44. The SMILES string of the molecule is CCNC(c1cc(C)cc(Br)c1)C1CCOC1. The van der Waals surface area contributed by atoms with Crippen molar-refractivity contribution >= 4 is 15.9 Å². The molecule has 2 rings (SSSR count). The Morgan fingerprint density at radius 2 is 2.29 bits per heavy atom. The average Bonchev–Trinajstić information content (AvgIpc) is 2.77. The van der Waals surface area contributed by atoms with Gasteiger partial charge in [0.25, 0.3) is 0 Å². The number of ether oxygens (including phenoxy) is 1. The van der Waals surface area contributed by atoms with Crippen LogP contribution in [0.5, 0.6) is 0 Å². The second-order valence-electron chi connectivity index (χ2n) is 4.72. The van der Waals surface area contributed by atoms with Crippen LogP contribution in [0.15, 0.2) is 22.7 Å². The number of benzene rings is 1. The van der Waals surface area contributed by atoms with Crippen molar-refractivity contribution in [2.45, 2.75) is 26.3 Å². The maximum atomic E-state index is 5.51. The molecule has 3 heteroatoms. The summed E-state index contributed by atoms with van der Waals surface area (Å²) in [7, 11) is 0. The lowest BCUT2D eigenvalue weighted by Crippen LogP contribution is -2.28. The first-order chi connectivity index (χ1) is 8.20. The van der Waals surface area contributed by atoms with Crippen LogP contribution in [-0.2, 0) is 4.74 Å². The van der Waals surface area contributed by atoms with Gasteiger partial charge in [0.2, 0.25) is 0 Å². The number of nitrogens with one attached hydrogen (secondary N) is 1. The third kappa shape index (κ3) is 3.30. The second kappa shape index (κ2) is 5.98. The molecule has 1 aliphatic heterocycles. The predicted molar refractivity (Wildman–Crippen MR) is 74.2 cm³/mol. The summed E-state index contributed by atoms with van der Waals surface area (Å²) >= 11 is 3.58. The summed E-state index contributed by atoms with van der Waals surface area (Å²) in [5.74, 6) is 0.601. The van der Waals surface area contributed by atoms with Crippen LogP contribution in [0.3, 0.4) is 0 Å². The number of aryl methyl sites for hydroxylation is 1. The molecule has 1 N–H and O–H groups in total. The van der Waals surface area contributed by atoms with Crippen molar-refractivity contribution in [1.82, 2.24) is 5.32 Å². The van der Waals surface area contributed by atoms with E-state index in [4.69, 9.17) is 4.74 Å². The molecule has 0 radical (unpaired) electrons. The van der Waals surface area contributed by atoms with Crippen LogP contribution in [0.4, 0.5) is 0 Å². The zero-order valence-corrected chi connectivity index (χ0v) is 12.1. The first-order valence-corrected chi connectivity index (χ1v) is 7.08. The third-order valence-electron chi connectivity index (χ3n) is 3.28. The van der Waals surface area contributed by atoms with E-state index in [-0.39, 0.29) is 0 Å². The van der Waals surface area contributed by atoms with Crippen molar-refractivity contribution in [3.05, 3.63) is 33.8 Å². The molecule has 1 aromatic carbocycles. The van der Waals surface area contributed by atoms with Gasteiger partial charge in [-0.05, 0) is 43.1 Å². The van der Waals surface area contributed by atoms with E-state index in [9.17, 15) is 0 Å². The second-order valence-corrected chi connectivity index (χ2v) is 5.64.